The Kier molecular flexibility index (Phi) is 9.21. The lowest BCUT2D eigenvalue weighted by Gasteiger charge is -2.24. The van der Waals surface area contributed by atoms with Crippen molar-refractivity contribution in [2.24, 2.45) is 7.05 Å². The van der Waals surface area contributed by atoms with E-state index in [0.29, 0.717) is 0 Å². The number of aromatic nitrogens is 1. The molecule has 2 aromatic carbocycles. The van der Waals surface area contributed by atoms with Gasteiger partial charge in [-0.05, 0) is 50.4 Å². The number of para-hydroxylation sites is 2. The van der Waals surface area contributed by atoms with E-state index in [2.05, 4.69) is 94.7 Å². The molecule has 0 saturated heterocycles. The maximum atomic E-state index is 5.60. The van der Waals surface area contributed by atoms with E-state index in [0.717, 1.165) is 17.0 Å². The Balaban J connectivity index is 0.000000597. The molecule has 0 saturated carbocycles. The number of methoxy groups -OCH3 is 1. The molecule has 3 heterocycles. The van der Waals surface area contributed by atoms with Crippen molar-refractivity contribution < 1.29 is 9.30 Å². The van der Waals surface area contributed by atoms with Crippen molar-refractivity contribution in [3.63, 3.8) is 0 Å². The summed E-state index contributed by atoms with van der Waals surface area (Å²) in [6.45, 7) is 14.1. The van der Waals surface area contributed by atoms with Gasteiger partial charge in [0, 0.05) is 5.56 Å². The Morgan fingerprint density at radius 3 is 1.94 bits per heavy atom. The second-order valence-electron chi connectivity index (χ2n) is 7.12. The molecule has 3 aromatic rings. The molecule has 0 atom stereocenters. The highest BCUT2D eigenvalue weighted by atomic mass is 16.5. The van der Waals surface area contributed by atoms with Crippen LogP contribution in [-0.2, 0) is 7.05 Å². The zero-order valence-electron chi connectivity index (χ0n) is 22.0. The van der Waals surface area contributed by atoms with Gasteiger partial charge in [-0.25, -0.2) is 9.38 Å². The summed E-state index contributed by atoms with van der Waals surface area (Å²) in [7, 11) is 6.05. The second-order valence-corrected chi connectivity index (χ2v) is 7.12. The SMILES string of the molecule is CC.CC.CC.COc1cccc(N2B3N(C)c4ccccc4N3c3ccc[n+](C)c32)c1C. The molecule has 0 unspecified atom stereocenters. The molecule has 0 radical (unpaired) electrons. The molecular weight excluding hydrogens is 407 g/mol. The predicted molar refractivity (Wildman–Crippen MR) is 144 cm³/mol. The minimum Gasteiger partial charge on any atom is -0.496 e. The molecule has 5 rings (SSSR count). The summed E-state index contributed by atoms with van der Waals surface area (Å²) < 4.78 is 7.80. The van der Waals surface area contributed by atoms with Gasteiger partial charge in [0.05, 0.1) is 31.7 Å². The Morgan fingerprint density at radius 1 is 0.727 bits per heavy atom. The summed E-state index contributed by atoms with van der Waals surface area (Å²) in [5.41, 5.74) is 5.99. The lowest BCUT2D eigenvalue weighted by Crippen LogP contribution is -2.53. The lowest BCUT2D eigenvalue weighted by atomic mass is 9.87. The van der Waals surface area contributed by atoms with Crippen molar-refractivity contribution >= 4 is 35.7 Å². The Labute approximate surface area is 201 Å². The van der Waals surface area contributed by atoms with E-state index in [4.69, 9.17) is 4.74 Å². The molecule has 2 aliphatic heterocycles. The molecule has 176 valence electrons. The normalized spacial score (nSPS) is 12.3. The standard InChI is InChI=1S/C21H22BN4O.3C2H6/c1-15-16(11-7-13-20(15)27-4)26-21-19(12-8-14-23(21)2)25-18-10-6-5-9-17(18)24(3)22(25)26;3*1-2/h5-14H,1-4H3;3*1-2H3/q+1;;;. The minimum atomic E-state index is 0.0526. The number of hydrogen-bond acceptors (Lipinski definition) is 4. The summed E-state index contributed by atoms with van der Waals surface area (Å²) >= 11 is 0. The van der Waals surface area contributed by atoms with Crippen molar-refractivity contribution in [3.05, 3.63) is 66.4 Å². The van der Waals surface area contributed by atoms with Crippen LogP contribution in [0.15, 0.2) is 60.8 Å². The van der Waals surface area contributed by atoms with Gasteiger partial charge in [-0.2, -0.15) is 0 Å². The number of benzene rings is 2. The number of pyridine rings is 1. The van der Waals surface area contributed by atoms with Crippen molar-refractivity contribution in [1.82, 2.24) is 0 Å². The molecule has 6 heteroatoms. The Hall–Kier alpha value is -3.15. The van der Waals surface area contributed by atoms with Gasteiger partial charge in [0.1, 0.15) is 17.1 Å². The number of rotatable bonds is 2. The van der Waals surface area contributed by atoms with Crippen LogP contribution in [0.3, 0.4) is 0 Å². The predicted octanol–water partition coefficient (Wildman–Crippen LogP) is 6.63. The first-order valence-corrected chi connectivity index (χ1v) is 12.2. The van der Waals surface area contributed by atoms with Gasteiger partial charge in [-0.15, -0.1) is 0 Å². The molecule has 0 bridgehead atoms. The number of hydrogen-bond donors (Lipinski definition) is 0. The molecule has 0 amide bonds. The summed E-state index contributed by atoms with van der Waals surface area (Å²) in [6.07, 6.45) is 2.11. The number of anilines is 5. The van der Waals surface area contributed by atoms with E-state index >= 15 is 0 Å². The highest BCUT2D eigenvalue weighted by Crippen LogP contribution is 2.52. The summed E-state index contributed by atoms with van der Waals surface area (Å²) in [4.78, 5) is 7.17. The quantitative estimate of drug-likeness (QED) is 0.325. The van der Waals surface area contributed by atoms with Crippen LogP contribution in [0.5, 0.6) is 5.75 Å². The highest BCUT2D eigenvalue weighted by molar-refractivity contribution is 6.78. The monoisotopic (exact) mass is 447 g/mol. The Morgan fingerprint density at radius 2 is 1.30 bits per heavy atom. The highest BCUT2D eigenvalue weighted by Gasteiger charge is 2.59. The zero-order chi connectivity index (χ0) is 24.7. The summed E-state index contributed by atoms with van der Waals surface area (Å²) in [5.74, 6) is 2.09. The van der Waals surface area contributed by atoms with Crippen LogP contribution in [0, 0.1) is 6.92 Å². The molecule has 5 nitrogen and oxygen atoms in total. The van der Waals surface area contributed by atoms with Crippen molar-refractivity contribution in [2.45, 2.75) is 48.5 Å². The van der Waals surface area contributed by atoms with Crippen molar-refractivity contribution in [3.8, 4) is 5.75 Å². The first-order valence-electron chi connectivity index (χ1n) is 12.2. The lowest BCUT2D eigenvalue weighted by molar-refractivity contribution is -0.657. The van der Waals surface area contributed by atoms with E-state index in [1.165, 1.54) is 22.9 Å². The van der Waals surface area contributed by atoms with E-state index in [1.54, 1.807) is 7.11 Å². The molecule has 1 aromatic heterocycles. The van der Waals surface area contributed by atoms with Crippen molar-refractivity contribution in [1.29, 1.82) is 0 Å². The fourth-order valence-electron chi connectivity index (χ4n) is 4.43. The van der Waals surface area contributed by atoms with Gasteiger partial charge in [-0.3, -0.25) is 0 Å². The van der Waals surface area contributed by atoms with E-state index < -0.39 is 0 Å². The Bertz CT molecular complexity index is 1060. The van der Waals surface area contributed by atoms with Gasteiger partial charge >= 0.3 is 7.12 Å². The van der Waals surface area contributed by atoms with E-state index in [9.17, 15) is 0 Å². The fourth-order valence-corrected chi connectivity index (χ4v) is 4.43. The second kappa shape index (κ2) is 11.6. The molecule has 0 N–H and O–H groups in total. The van der Waals surface area contributed by atoms with Crippen LogP contribution >= 0.6 is 0 Å². The smallest absolute Gasteiger partial charge is 0.496 e. The molecule has 0 fully saturated rings. The van der Waals surface area contributed by atoms with Crippen LogP contribution in [-0.4, -0.2) is 21.3 Å². The van der Waals surface area contributed by atoms with Crippen LogP contribution < -0.4 is 23.7 Å². The maximum Gasteiger partial charge on any atom is 0.639 e. The average molecular weight is 447 g/mol. The number of ether oxygens (including phenoxy) is 1. The van der Waals surface area contributed by atoms with Crippen LogP contribution in [0.25, 0.3) is 0 Å². The van der Waals surface area contributed by atoms with E-state index in [-0.39, 0.29) is 7.12 Å². The van der Waals surface area contributed by atoms with Gasteiger partial charge < -0.3 is 14.4 Å². The van der Waals surface area contributed by atoms with Gasteiger partial charge in [0.15, 0.2) is 0 Å². The topological polar surface area (TPSA) is 22.8 Å². The summed E-state index contributed by atoms with van der Waals surface area (Å²) in [6, 6.07) is 19.2. The zero-order valence-corrected chi connectivity index (χ0v) is 22.0. The third-order valence-corrected chi connectivity index (χ3v) is 5.68. The van der Waals surface area contributed by atoms with Crippen molar-refractivity contribution in [2.75, 3.05) is 28.6 Å². The van der Waals surface area contributed by atoms with Gasteiger partial charge in [0.25, 0.3) is 5.82 Å². The first kappa shape index (κ1) is 26.1. The average Bonchev–Trinajstić information content (AvgIpc) is 3.37. The maximum absolute atomic E-state index is 5.60. The van der Waals surface area contributed by atoms with Gasteiger partial charge in [0.2, 0.25) is 0 Å². The number of aryl methyl sites for hydroxylation is 1. The largest absolute Gasteiger partial charge is 0.639 e. The third-order valence-electron chi connectivity index (χ3n) is 5.68. The molecule has 2 aliphatic rings. The molecule has 33 heavy (non-hydrogen) atoms. The van der Waals surface area contributed by atoms with Crippen LogP contribution in [0.1, 0.15) is 47.1 Å². The van der Waals surface area contributed by atoms with E-state index in [1.807, 2.05) is 47.6 Å². The number of nitrogens with zero attached hydrogens (tertiary/aromatic N) is 4. The van der Waals surface area contributed by atoms with Crippen LogP contribution in [0.4, 0.5) is 28.6 Å². The summed E-state index contributed by atoms with van der Waals surface area (Å²) in [5, 5.41) is 0. The first-order chi connectivity index (χ1) is 16.1. The molecule has 0 aliphatic carbocycles. The molecule has 0 spiro atoms. The minimum absolute atomic E-state index is 0.0526. The van der Waals surface area contributed by atoms with Gasteiger partial charge in [-0.1, -0.05) is 59.7 Å². The number of fused-ring (bicyclic) bond motifs is 5. The fraction of sp³-hybridized carbons (Fsp3) is 0.370. The van der Waals surface area contributed by atoms with Crippen LogP contribution in [0.2, 0.25) is 0 Å². The molecular formula is C27H40BN4O+. The third kappa shape index (κ3) is 4.26.